The normalized spacial score (nSPS) is 11.2. The molecular formula is C14H18ClN3O. The first-order valence-electron chi connectivity index (χ1n) is 6.24. The van der Waals surface area contributed by atoms with E-state index in [0.717, 1.165) is 17.8 Å². The van der Waals surface area contributed by atoms with Crippen LogP contribution in [-0.2, 0) is 13.5 Å². The Balaban J connectivity index is 2.59. The van der Waals surface area contributed by atoms with Crippen LogP contribution in [0.2, 0.25) is 5.02 Å². The van der Waals surface area contributed by atoms with E-state index in [4.69, 9.17) is 17.3 Å². The lowest BCUT2D eigenvalue weighted by Crippen LogP contribution is -2.20. The van der Waals surface area contributed by atoms with Gasteiger partial charge in [-0.05, 0) is 36.6 Å². The summed E-state index contributed by atoms with van der Waals surface area (Å²) < 4.78 is 3.39. The molecule has 0 fully saturated rings. The van der Waals surface area contributed by atoms with Crippen molar-refractivity contribution in [3.63, 3.8) is 0 Å². The number of aromatic nitrogens is 2. The second-order valence-corrected chi connectivity index (χ2v) is 5.51. The van der Waals surface area contributed by atoms with Crippen LogP contribution in [-0.4, -0.2) is 9.36 Å². The predicted octanol–water partition coefficient (Wildman–Crippen LogP) is 2.61. The summed E-state index contributed by atoms with van der Waals surface area (Å²) in [6.45, 7) is 4.20. The zero-order valence-corrected chi connectivity index (χ0v) is 12.1. The van der Waals surface area contributed by atoms with Gasteiger partial charge in [-0.3, -0.25) is 9.48 Å². The van der Waals surface area contributed by atoms with Gasteiger partial charge in [0, 0.05) is 12.1 Å². The summed E-state index contributed by atoms with van der Waals surface area (Å²) in [6.07, 6.45) is 0.776. The molecule has 4 nitrogen and oxygen atoms in total. The van der Waals surface area contributed by atoms with Crippen molar-refractivity contribution >= 4 is 17.3 Å². The van der Waals surface area contributed by atoms with E-state index >= 15 is 0 Å². The Morgan fingerprint density at radius 1 is 1.26 bits per heavy atom. The third kappa shape index (κ3) is 2.54. The molecule has 1 aromatic carbocycles. The minimum absolute atomic E-state index is 0.180. The fourth-order valence-corrected chi connectivity index (χ4v) is 2.30. The van der Waals surface area contributed by atoms with E-state index < -0.39 is 0 Å². The highest BCUT2D eigenvalue weighted by Crippen LogP contribution is 2.17. The number of anilines is 1. The van der Waals surface area contributed by atoms with Gasteiger partial charge in [-0.2, -0.15) is 0 Å². The number of halogens is 1. The molecule has 0 aliphatic heterocycles. The van der Waals surface area contributed by atoms with Crippen molar-refractivity contribution in [3.05, 3.63) is 45.3 Å². The van der Waals surface area contributed by atoms with E-state index in [1.54, 1.807) is 16.8 Å². The second kappa shape index (κ2) is 5.13. The SMILES string of the molecule is CC(C)Cc1c(N)c(=O)n(-c2ccc(Cl)cc2)n1C. The first-order chi connectivity index (χ1) is 8.91. The summed E-state index contributed by atoms with van der Waals surface area (Å²) in [4.78, 5) is 12.3. The molecular weight excluding hydrogens is 262 g/mol. The Bertz CT molecular complexity index is 638. The molecule has 2 aromatic rings. The van der Waals surface area contributed by atoms with Crippen molar-refractivity contribution in [3.8, 4) is 5.69 Å². The lowest BCUT2D eigenvalue weighted by atomic mass is 10.1. The minimum Gasteiger partial charge on any atom is -0.393 e. The van der Waals surface area contributed by atoms with Gasteiger partial charge in [0.15, 0.2) is 0 Å². The highest BCUT2D eigenvalue weighted by Gasteiger charge is 2.17. The van der Waals surface area contributed by atoms with Crippen molar-refractivity contribution in [2.24, 2.45) is 13.0 Å². The van der Waals surface area contributed by atoms with E-state index in [0.29, 0.717) is 16.6 Å². The molecule has 0 spiro atoms. The molecule has 0 aliphatic rings. The van der Waals surface area contributed by atoms with Gasteiger partial charge in [-0.15, -0.1) is 0 Å². The van der Waals surface area contributed by atoms with E-state index in [1.165, 1.54) is 0 Å². The number of nitrogens with two attached hydrogens (primary N) is 1. The molecule has 1 aromatic heterocycles. The van der Waals surface area contributed by atoms with E-state index in [2.05, 4.69) is 13.8 Å². The maximum atomic E-state index is 12.3. The van der Waals surface area contributed by atoms with Crippen LogP contribution in [0.5, 0.6) is 0 Å². The van der Waals surface area contributed by atoms with Crippen LogP contribution in [0.1, 0.15) is 19.5 Å². The fraction of sp³-hybridized carbons (Fsp3) is 0.357. The van der Waals surface area contributed by atoms with Gasteiger partial charge >= 0.3 is 0 Å². The molecule has 1 heterocycles. The molecule has 0 atom stereocenters. The van der Waals surface area contributed by atoms with Crippen molar-refractivity contribution in [2.75, 3.05) is 5.73 Å². The zero-order chi connectivity index (χ0) is 14.2. The summed E-state index contributed by atoms with van der Waals surface area (Å²) in [7, 11) is 1.85. The molecule has 19 heavy (non-hydrogen) atoms. The minimum atomic E-state index is -0.180. The van der Waals surface area contributed by atoms with Crippen LogP contribution in [0.3, 0.4) is 0 Å². The Kier molecular flexibility index (Phi) is 3.71. The second-order valence-electron chi connectivity index (χ2n) is 5.08. The Morgan fingerprint density at radius 3 is 2.37 bits per heavy atom. The summed E-state index contributed by atoms with van der Waals surface area (Å²) in [6, 6.07) is 7.13. The van der Waals surface area contributed by atoms with Crippen molar-refractivity contribution in [2.45, 2.75) is 20.3 Å². The predicted molar refractivity (Wildman–Crippen MR) is 79.0 cm³/mol. The summed E-state index contributed by atoms with van der Waals surface area (Å²) in [5, 5.41) is 0.640. The topological polar surface area (TPSA) is 53.0 Å². The molecule has 0 radical (unpaired) electrons. The molecule has 0 saturated carbocycles. The molecule has 102 valence electrons. The quantitative estimate of drug-likeness (QED) is 0.939. The molecule has 0 bridgehead atoms. The maximum Gasteiger partial charge on any atom is 0.294 e. The molecule has 2 N–H and O–H groups in total. The van der Waals surface area contributed by atoms with Crippen molar-refractivity contribution in [1.29, 1.82) is 0 Å². The van der Waals surface area contributed by atoms with Crippen LogP contribution in [0.15, 0.2) is 29.1 Å². The highest BCUT2D eigenvalue weighted by atomic mass is 35.5. The average molecular weight is 280 g/mol. The number of nitrogen functional groups attached to an aromatic ring is 1. The first kappa shape index (κ1) is 13.7. The molecule has 0 saturated heterocycles. The van der Waals surface area contributed by atoms with Gasteiger partial charge in [-0.1, -0.05) is 25.4 Å². The molecule has 0 aliphatic carbocycles. The lowest BCUT2D eigenvalue weighted by Gasteiger charge is -2.11. The molecule has 5 heteroatoms. The van der Waals surface area contributed by atoms with Gasteiger partial charge in [-0.25, -0.2) is 4.68 Å². The number of hydrogen-bond donors (Lipinski definition) is 1. The van der Waals surface area contributed by atoms with E-state index in [9.17, 15) is 4.79 Å². The molecule has 0 amide bonds. The number of nitrogens with zero attached hydrogens (tertiary/aromatic N) is 2. The van der Waals surface area contributed by atoms with Crippen LogP contribution < -0.4 is 11.3 Å². The Morgan fingerprint density at radius 2 is 1.84 bits per heavy atom. The van der Waals surface area contributed by atoms with E-state index in [-0.39, 0.29) is 5.56 Å². The van der Waals surface area contributed by atoms with Crippen LogP contribution in [0.25, 0.3) is 5.69 Å². The largest absolute Gasteiger partial charge is 0.393 e. The van der Waals surface area contributed by atoms with Crippen LogP contribution >= 0.6 is 11.6 Å². The van der Waals surface area contributed by atoms with Gasteiger partial charge in [0.05, 0.1) is 11.4 Å². The third-order valence-corrected chi connectivity index (χ3v) is 3.35. The van der Waals surface area contributed by atoms with Gasteiger partial charge < -0.3 is 5.73 Å². The summed E-state index contributed by atoms with van der Waals surface area (Å²) >= 11 is 5.87. The smallest absolute Gasteiger partial charge is 0.294 e. The van der Waals surface area contributed by atoms with Gasteiger partial charge in [0.1, 0.15) is 5.69 Å². The number of rotatable bonds is 3. The fourth-order valence-electron chi connectivity index (χ4n) is 2.17. The monoisotopic (exact) mass is 279 g/mol. The number of hydrogen-bond acceptors (Lipinski definition) is 2. The summed E-state index contributed by atoms with van der Waals surface area (Å²) in [5.74, 6) is 0.439. The highest BCUT2D eigenvalue weighted by molar-refractivity contribution is 6.30. The van der Waals surface area contributed by atoms with Gasteiger partial charge in [0.2, 0.25) is 0 Å². The Labute approximate surface area is 117 Å². The maximum absolute atomic E-state index is 12.3. The zero-order valence-electron chi connectivity index (χ0n) is 11.4. The van der Waals surface area contributed by atoms with Crippen molar-refractivity contribution < 1.29 is 0 Å². The third-order valence-electron chi connectivity index (χ3n) is 3.10. The first-order valence-corrected chi connectivity index (χ1v) is 6.62. The molecule has 2 rings (SSSR count). The number of benzene rings is 1. The van der Waals surface area contributed by atoms with Gasteiger partial charge in [0.25, 0.3) is 5.56 Å². The van der Waals surface area contributed by atoms with Crippen LogP contribution in [0.4, 0.5) is 5.69 Å². The standard InChI is InChI=1S/C14H18ClN3O/c1-9(2)8-12-13(16)14(19)18(17(12)3)11-6-4-10(15)5-7-11/h4-7,9H,8,16H2,1-3H3. The van der Waals surface area contributed by atoms with Crippen LogP contribution in [0, 0.1) is 5.92 Å². The lowest BCUT2D eigenvalue weighted by molar-refractivity contribution is 0.563. The van der Waals surface area contributed by atoms with Crippen molar-refractivity contribution in [1.82, 2.24) is 9.36 Å². The van der Waals surface area contributed by atoms with E-state index in [1.807, 2.05) is 23.9 Å². The molecule has 0 unspecified atom stereocenters. The average Bonchev–Trinajstić information content (AvgIpc) is 2.55. The Hall–Kier alpha value is -1.68. The summed E-state index contributed by atoms with van der Waals surface area (Å²) in [5.41, 5.74) is 7.72.